The summed E-state index contributed by atoms with van der Waals surface area (Å²) >= 11 is 13.7. The average Bonchev–Trinajstić information content (AvgIpc) is 2.33. The van der Waals surface area contributed by atoms with Crippen LogP contribution >= 0.6 is 35.0 Å². The first-order chi connectivity index (χ1) is 8.25. The van der Waals surface area contributed by atoms with E-state index in [0.717, 1.165) is 41.0 Å². The van der Waals surface area contributed by atoms with E-state index in [1.807, 2.05) is 12.1 Å². The Hall–Kier alpha value is -0.380. The quantitative estimate of drug-likeness (QED) is 0.919. The zero-order valence-corrected chi connectivity index (χ0v) is 11.7. The summed E-state index contributed by atoms with van der Waals surface area (Å²) in [7, 11) is 0. The largest absolute Gasteiger partial charge is 0.365 e. The normalized spacial score (nSPS) is 15.5. The second-order valence-electron chi connectivity index (χ2n) is 3.80. The first kappa shape index (κ1) is 13.1. The van der Waals surface area contributed by atoms with Gasteiger partial charge in [-0.1, -0.05) is 41.0 Å². The predicted molar refractivity (Wildman–Crippen MR) is 77.5 cm³/mol. The second kappa shape index (κ2) is 6.53. The smallest absolute Gasteiger partial charge is 0.156 e. The lowest BCUT2D eigenvalue weighted by Crippen LogP contribution is -2.25. The zero-order chi connectivity index (χ0) is 12.1. The molecule has 2 rings (SSSR count). The number of aliphatic imine (C=N–C) groups is 1. The molecule has 1 aromatic carbocycles. The Bertz CT molecular complexity index is 421. The maximum Gasteiger partial charge on any atom is 0.156 e. The lowest BCUT2D eigenvalue weighted by atomic mass is 10.1. The van der Waals surface area contributed by atoms with Crippen molar-refractivity contribution in [1.29, 1.82) is 0 Å². The summed E-state index contributed by atoms with van der Waals surface area (Å²) in [4.78, 5) is 4.41. The van der Waals surface area contributed by atoms with Crippen LogP contribution in [-0.4, -0.2) is 24.0 Å². The van der Waals surface area contributed by atoms with Gasteiger partial charge in [0.1, 0.15) is 0 Å². The van der Waals surface area contributed by atoms with Crippen LogP contribution in [0.3, 0.4) is 0 Å². The lowest BCUT2D eigenvalue weighted by Gasteiger charge is -2.13. The van der Waals surface area contributed by atoms with E-state index in [4.69, 9.17) is 23.2 Å². The molecule has 0 fully saturated rings. The molecule has 2 nitrogen and oxygen atoms in total. The summed E-state index contributed by atoms with van der Waals surface area (Å²) in [6.45, 7) is 1.80. The maximum absolute atomic E-state index is 6.10. The minimum atomic E-state index is 0.680. The van der Waals surface area contributed by atoms with Gasteiger partial charge in [-0.2, -0.15) is 0 Å². The number of nitrogens with one attached hydrogen (secondary N) is 1. The van der Waals surface area contributed by atoms with Crippen molar-refractivity contribution in [2.24, 2.45) is 4.99 Å². The van der Waals surface area contributed by atoms with Crippen molar-refractivity contribution < 1.29 is 0 Å². The molecule has 0 atom stereocenters. The predicted octanol–water partition coefficient (Wildman–Crippen LogP) is 3.62. The molecule has 0 aliphatic carbocycles. The molecule has 1 aromatic rings. The van der Waals surface area contributed by atoms with Gasteiger partial charge in [0.05, 0.1) is 0 Å². The number of hydrogen-bond acceptors (Lipinski definition) is 3. The molecule has 0 unspecified atom stereocenters. The van der Waals surface area contributed by atoms with Crippen molar-refractivity contribution >= 4 is 40.1 Å². The third-order valence-corrected chi connectivity index (χ3v) is 4.11. The fourth-order valence-electron chi connectivity index (χ4n) is 1.60. The van der Waals surface area contributed by atoms with E-state index in [-0.39, 0.29) is 0 Å². The Morgan fingerprint density at radius 1 is 1.35 bits per heavy atom. The van der Waals surface area contributed by atoms with E-state index < -0.39 is 0 Å². The van der Waals surface area contributed by atoms with Crippen LogP contribution in [0.2, 0.25) is 10.0 Å². The highest BCUT2D eigenvalue weighted by atomic mass is 35.5. The zero-order valence-electron chi connectivity index (χ0n) is 9.38. The summed E-state index contributed by atoms with van der Waals surface area (Å²) in [6.07, 6.45) is 2.06. The number of rotatable bonds is 3. The van der Waals surface area contributed by atoms with Crippen molar-refractivity contribution in [2.75, 3.05) is 18.8 Å². The van der Waals surface area contributed by atoms with E-state index in [1.165, 1.54) is 6.42 Å². The Labute approximate surface area is 116 Å². The highest BCUT2D eigenvalue weighted by molar-refractivity contribution is 8.13. The summed E-state index contributed by atoms with van der Waals surface area (Å²) < 4.78 is 0. The third-order valence-electron chi connectivity index (χ3n) is 2.48. The summed E-state index contributed by atoms with van der Waals surface area (Å²) in [5.41, 5.74) is 1.12. The van der Waals surface area contributed by atoms with Crippen LogP contribution in [0, 0.1) is 0 Å². The number of thioether (sulfide) groups is 1. The summed E-state index contributed by atoms with van der Waals surface area (Å²) in [5.74, 6) is 1.16. The van der Waals surface area contributed by atoms with Crippen LogP contribution < -0.4 is 5.32 Å². The fourth-order valence-corrected chi connectivity index (χ4v) is 2.95. The van der Waals surface area contributed by atoms with E-state index in [2.05, 4.69) is 10.3 Å². The Balaban J connectivity index is 1.83. The molecular weight excluding hydrogens is 275 g/mol. The SMILES string of the molecule is Clc1ccc(CCNC2=NCCCS2)c(Cl)c1. The Kier molecular flexibility index (Phi) is 5.01. The van der Waals surface area contributed by atoms with Crippen molar-refractivity contribution in [2.45, 2.75) is 12.8 Å². The van der Waals surface area contributed by atoms with Gasteiger partial charge in [0.15, 0.2) is 5.17 Å². The molecule has 0 spiro atoms. The molecule has 0 bridgehead atoms. The average molecular weight is 289 g/mol. The van der Waals surface area contributed by atoms with Gasteiger partial charge in [0.2, 0.25) is 0 Å². The molecule has 92 valence electrons. The fraction of sp³-hybridized carbons (Fsp3) is 0.417. The second-order valence-corrected chi connectivity index (χ2v) is 5.73. The van der Waals surface area contributed by atoms with Crippen LogP contribution in [-0.2, 0) is 6.42 Å². The molecule has 0 saturated heterocycles. The van der Waals surface area contributed by atoms with E-state index in [1.54, 1.807) is 17.8 Å². The van der Waals surface area contributed by atoms with E-state index in [9.17, 15) is 0 Å². The summed E-state index contributed by atoms with van der Waals surface area (Å²) in [6, 6.07) is 5.63. The van der Waals surface area contributed by atoms with Gasteiger partial charge in [0, 0.05) is 28.9 Å². The molecule has 1 aliphatic rings. The topological polar surface area (TPSA) is 24.4 Å². The number of nitrogens with zero attached hydrogens (tertiary/aromatic N) is 1. The number of benzene rings is 1. The molecule has 0 aromatic heterocycles. The van der Waals surface area contributed by atoms with Gasteiger partial charge < -0.3 is 5.32 Å². The highest BCUT2D eigenvalue weighted by Gasteiger charge is 2.05. The van der Waals surface area contributed by atoms with Crippen LogP contribution in [0.15, 0.2) is 23.2 Å². The first-order valence-corrected chi connectivity index (χ1v) is 7.35. The van der Waals surface area contributed by atoms with Crippen molar-refractivity contribution in [3.8, 4) is 0 Å². The lowest BCUT2D eigenvalue weighted by molar-refractivity contribution is 0.853. The molecule has 1 N–H and O–H groups in total. The third kappa shape index (κ3) is 4.09. The highest BCUT2D eigenvalue weighted by Crippen LogP contribution is 2.21. The van der Waals surface area contributed by atoms with Gasteiger partial charge in [0.25, 0.3) is 0 Å². The van der Waals surface area contributed by atoms with Crippen LogP contribution in [0.4, 0.5) is 0 Å². The molecule has 0 amide bonds. The van der Waals surface area contributed by atoms with Gasteiger partial charge in [-0.05, 0) is 30.5 Å². The molecule has 17 heavy (non-hydrogen) atoms. The van der Waals surface area contributed by atoms with Crippen molar-refractivity contribution in [3.63, 3.8) is 0 Å². The van der Waals surface area contributed by atoms with Gasteiger partial charge in [-0.25, -0.2) is 0 Å². The number of hydrogen-bond donors (Lipinski definition) is 1. The molecule has 0 radical (unpaired) electrons. The van der Waals surface area contributed by atoms with Gasteiger partial charge in [-0.3, -0.25) is 4.99 Å². The molecule has 1 aliphatic heterocycles. The van der Waals surface area contributed by atoms with E-state index in [0.29, 0.717) is 5.02 Å². The minimum absolute atomic E-state index is 0.680. The minimum Gasteiger partial charge on any atom is -0.365 e. The Morgan fingerprint density at radius 2 is 2.24 bits per heavy atom. The molecule has 5 heteroatoms. The summed E-state index contributed by atoms with van der Waals surface area (Å²) in [5, 5.41) is 5.80. The van der Waals surface area contributed by atoms with Crippen molar-refractivity contribution in [1.82, 2.24) is 5.32 Å². The van der Waals surface area contributed by atoms with Gasteiger partial charge >= 0.3 is 0 Å². The van der Waals surface area contributed by atoms with E-state index >= 15 is 0 Å². The Morgan fingerprint density at radius 3 is 2.94 bits per heavy atom. The van der Waals surface area contributed by atoms with Crippen LogP contribution in [0.5, 0.6) is 0 Å². The van der Waals surface area contributed by atoms with Crippen molar-refractivity contribution in [3.05, 3.63) is 33.8 Å². The molecule has 1 heterocycles. The standard InChI is InChI=1S/C12H14Cl2N2S/c13-10-3-2-9(11(14)8-10)4-6-16-12-15-5-1-7-17-12/h2-3,8H,1,4-7H2,(H,15,16). The van der Waals surface area contributed by atoms with Crippen LogP contribution in [0.1, 0.15) is 12.0 Å². The number of halogens is 2. The monoisotopic (exact) mass is 288 g/mol. The number of amidine groups is 1. The maximum atomic E-state index is 6.10. The molecule has 0 saturated carbocycles. The van der Waals surface area contributed by atoms with Gasteiger partial charge in [-0.15, -0.1) is 0 Å². The van der Waals surface area contributed by atoms with Crippen LogP contribution in [0.25, 0.3) is 0 Å². The molecular formula is C12H14Cl2N2S. The first-order valence-electron chi connectivity index (χ1n) is 5.61.